The second-order valence-corrected chi connectivity index (χ2v) is 4.17. The van der Waals surface area contributed by atoms with Gasteiger partial charge in [-0.05, 0) is 12.8 Å². The summed E-state index contributed by atoms with van der Waals surface area (Å²) in [6.45, 7) is 6.97. The van der Waals surface area contributed by atoms with Crippen molar-refractivity contribution in [3.63, 3.8) is 0 Å². The molecule has 1 saturated heterocycles. The van der Waals surface area contributed by atoms with Crippen LogP contribution in [-0.4, -0.2) is 47.0 Å². The summed E-state index contributed by atoms with van der Waals surface area (Å²) in [6, 6.07) is 0. The maximum atomic E-state index is 10.0. The van der Waals surface area contributed by atoms with E-state index in [1.165, 1.54) is 0 Å². The molecule has 3 nitrogen and oxygen atoms in total. The molecule has 0 saturated carbocycles. The third kappa shape index (κ3) is 2.66. The van der Waals surface area contributed by atoms with Crippen LogP contribution in [0.5, 0.6) is 0 Å². The summed E-state index contributed by atoms with van der Waals surface area (Å²) in [7, 11) is 0. The summed E-state index contributed by atoms with van der Waals surface area (Å²) < 4.78 is 0. The number of aliphatic hydroxyl groups is 2. The largest absolute Gasteiger partial charge is 0.396 e. The Hall–Kier alpha value is -0.120. The second-order valence-electron chi connectivity index (χ2n) is 4.17. The van der Waals surface area contributed by atoms with E-state index in [1.54, 1.807) is 0 Å². The molecule has 78 valence electrons. The Balaban J connectivity index is 2.25. The van der Waals surface area contributed by atoms with E-state index in [1.807, 2.05) is 13.8 Å². The van der Waals surface area contributed by atoms with Gasteiger partial charge in [-0.2, -0.15) is 0 Å². The normalized spacial score (nSPS) is 20.3. The topological polar surface area (TPSA) is 43.7 Å². The van der Waals surface area contributed by atoms with Gasteiger partial charge in [0.2, 0.25) is 0 Å². The fraction of sp³-hybridized carbons (Fsp3) is 1.00. The van der Waals surface area contributed by atoms with Gasteiger partial charge in [0.15, 0.2) is 0 Å². The first kappa shape index (κ1) is 11.0. The fourth-order valence-corrected chi connectivity index (χ4v) is 1.81. The number of hydrogen-bond donors (Lipinski definition) is 2. The molecule has 0 aromatic heterocycles. The van der Waals surface area contributed by atoms with Crippen LogP contribution in [-0.2, 0) is 0 Å². The molecular formula is C10H21NO2. The molecule has 0 aromatic carbocycles. The van der Waals surface area contributed by atoms with Crippen LogP contribution < -0.4 is 0 Å². The fourth-order valence-electron chi connectivity index (χ4n) is 1.81. The van der Waals surface area contributed by atoms with Crippen molar-refractivity contribution in [3.05, 3.63) is 0 Å². The summed E-state index contributed by atoms with van der Waals surface area (Å²) in [6.07, 6.45) is 1.62. The van der Waals surface area contributed by atoms with Crippen molar-refractivity contribution in [2.24, 2.45) is 5.92 Å². The Morgan fingerprint density at radius 1 is 1.31 bits per heavy atom. The molecule has 3 heteroatoms. The SMILES string of the molecule is CCC(O)(CC)CN1CC(CO)C1. The molecule has 13 heavy (non-hydrogen) atoms. The summed E-state index contributed by atoms with van der Waals surface area (Å²) >= 11 is 0. The molecule has 0 unspecified atom stereocenters. The van der Waals surface area contributed by atoms with Gasteiger partial charge in [0.25, 0.3) is 0 Å². The van der Waals surface area contributed by atoms with E-state index in [0.29, 0.717) is 5.92 Å². The zero-order valence-electron chi connectivity index (χ0n) is 8.66. The molecule has 1 heterocycles. The highest BCUT2D eigenvalue weighted by molar-refractivity contribution is 4.86. The third-order valence-corrected chi connectivity index (χ3v) is 3.13. The van der Waals surface area contributed by atoms with Crippen LogP contribution in [0.3, 0.4) is 0 Å². The quantitative estimate of drug-likeness (QED) is 0.657. The van der Waals surface area contributed by atoms with Crippen molar-refractivity contribution >= 4 is 0 Å². The Kier molecular flexibility index (Phi) is 3.71. The molecule has 1 aliphatic heterocycles. The highest BCUT2D eigenvalue weighted by atomic mass is 16.3. The van der Waals surface area contributed by atoms with Crippen molar-refractivity contribution in [1.82, 2.24) is 4.90 Å². The average Bonchev–Trinajstić information content (AvgIpc) is 2.10. The highest BCUT2D eigenvalue weighted by Gasteiger charge is 2.32. The van der Waals surface area contributed by atoms with Crippen LogP contribution in [0.2, 0.25) is 0 Å². The predicted octanol–water partition coefficient (Wildman–Crippen LogP) is 0.462. The van der Waals surface area contributed by atoms with Crippen LogP contribution in [0.15, 0.2) is 0 Å². The molecule has 1 aliphatic rings. The minimum atomic E-state index is -0.513. The summed E-state index contributed by atoms with van der Waals surface area (Å²) in [5, 5.41) is 18.8. The smallest absolute Gasteiger partial charge is 0.0768 e. The van der Waals surface area contributed by atoms with E-state index in [0.717, 1.165) is 32.5 Å². The lowest BCUT2D eigenvalue weighted by Crippen LogP contribution is -2.54. The lowest BCUT2D eigenvalue weighted by Gasteiger charge is -2.42. The van der Waals surface area contributed by atoms with Gasteiger partial charge in [0, 0.05) is 32.2 Å². The first-order chi connectivity index (χ1) is 6.13. The van der Waals surface area contributed by atoms with Crippen LogP contribution in [0.25, 0.3) is 0 Å². The van der Waals surface area contributed by atoms with E-state index < -0.39 is 5.60 Å². The predicted molar refractivity (Wildman–Crippen MR) is 52.5 cm³/mol. The summed E-state index contributed by atoms with van der Waals surface area (Å²) in [4.78, 5) is 2.22. The first-order valence-electron chi connectivity index (χ1n) is 5.19. The Labute approximate surface area is 80.4 Å². The van der Waals surface area contributed by atoms with E-state index in [2.05, 4.69) is 4.90 Å². The minimum absolute atomic E-state index is 0.285. The molecule has 1 rings (SSSR count). The number of hydrogen-bond acceptors (Lipinski definition) is 3. The molecule has 0 aliphatic carbocycles. The molecule has 0 atom stereocenters. The number of nitrogens with zero attached hydrogens (tertiary/aromatic N) is 1. The monoisotopic (exact) mass is 187 g/mol. The van der Waals surface area contributed by atoms with Gasteiger partial charge in [-0.1, -0.05) is 13.8 Å². The Bertz CT molecular complexity index is 151. The second kappa shape index (κ2) is 4.40. The van der Waals surface area contributed by atoms with E-state index in [4.69, 9.17) is 5.11 Å². The van der Waals surface area contributed by atoms with Crippen LogP contribution in [0, 0.1) is 5.92 Å². The third-order valence-electron chi connectivity index (χ3n) is 3.13. The van der Waals surface area contributed by atoms with E-state index >= 15 is 0 Å². The van der Waals surface area contributed by atoms with Crippen molar-refractivity contribution in [2.75, 3.05) is 26.2 Å². The number of β-amino-alcohol motifs (C(OH)–C–C–N with tert-alkyl or cyclic N) is 1. The summed E-state index contributed by atoms with van der Waals surface area (Å²) in [5.41, 5.74) is -0.513. The maximum Gasteiger partial charge on any atom is 0.0768 e. The zero-order chi connectivity index (χ0) is 9.90. The molecular weight excluding hydrogens is 166 g/mol. The van der Waals surface area contributed by atoms with Crippen molar-refractivity contribution in [3.8, 4) is 0 Å². The first-order valence-corrected chi connectivity index (χ1v) is 5.19. The Morgan fingerprint density at radius 3 is 2.23 bits per heavy atom. The van der Waals surface area contributed by atoms with Crippen molar-refractivity contribution < 1.29 is 10.2 Å². The van der Waals surface area contributed by atoms with Gasteiger partial charge < -0.3 is 10.2 Å². The van der Waals surface area contributed by atoms with E-state index in [9.17, 15) is 5.11 Å². The number of rotatable bonds is 5. The van der Waals surface area contributed by atoms with Crippen molar-refractivity contribution in [2.45, 2.75) is 32.3 Å². The lowest BCUT2D eigenvalue weighted by molar-refractivity contribution is -0.0448. The number of likely N-dealkylation sites (tertiary alicyclic amines) is 1. The molecule has 0 radical (unpaired) electrons. The maximum absolute atomic E-state index is 10.0. The zero-order valence-corrected chi connectivity index (χ0v) is 8.66. The average molecular weight is 187 g/mol. The van der Waals surface area contributed by atoms with Gasteiger partial charge in [-0.25, -0.2) is 0 Å². The minimum Gasteiger partial charge on any atom is -0.396 e. The van der Waals surface area contributed by atoms with Crippen LogP contribution in [0.4, 0.5) is 0 Å². The molecule has 1 fully saturated rings. The highest BCUT2D eigenvalue weighted by Crippen LogP contribution is 2.22. The molecule has 0 amide bonds. The van der Waals surface area contributed by atoms with Gasteiger partial charge in [-0.15, -0.1) is 0 Å². The van der Waals surface area contributed by atoms with Gasteiger partial charge >= 0.3 is 0 Å². The molecule has 0 aromatic rings. The van der Waals surface area contributed by atoms with Crippen LogP contribution >= 0.6 is 0 Å². The lowest BCUT2D eigenvalue weighted by atomic mass is 9.92. The molecule has 0 spiro atoms. The standard InChI is InChI=1S/C10H21NO2/c1-3-10(13,4-2)8-11-5-9(6-11)7-12/h9,12-13H,3-8H2,1-2H3. The number of aliphatic hydroxyl groups excluding tert-OH is 1. The van der Waals surface area contributed by atoms with Crippen LogP contribution in [0.1, 0.15) is 26.7 Å². The molecule has 2 N–H and O–H groups in total. The van der Waals surface area contributed by atoms with Crippen molar-refractivity contribution in [1.29, 1.82) is 0 Å². The van der Waals surface area contributed by atoms with Gasteiger partial charge in [-0.3, -0.25) is 4.90 Å². The van der Waals surface area contributed by atoms with E-state index in [-0.39, 0.29) is 6.61 Å². The van der Waals surface area contributed by atoms with Gasteiger partial charge in [0.1, 0.15) is 0 Å². The van der Waals surface area contributed by atoms with Gasteiger partial charge in [0.05, 0.1) is 5.60 Å². The summed E-state index contributed by atoms with van der Waals surface area (Å²) in [5.74, 6) is 0.443. The molecule has 0 bridgehead atoms. The Morgan fingerprint density at radius 2 is 1.85 bits per heavy atom.